The molecule has 0 heterocycles. The van der Waals surface area contributed by atoms with Crippen molar-refractivity contribution in [2.24, 2.45) is 5.14 Å². The van der Waals surface area contributed by atoms with Gasteiger partial charge in [0.15, 0.2) is 0 Å². The van der Waals surface area contributed by atoms with Crippen LogP contribution in [0.2, 0.25) is 0 Å². The molecule has 0 saturated carbocycles. The largest absolute Gasteiger partial charge is 0.421 e. The molecule has 0 aliphatic rings. The van der Waals surface area contributed by atoms with Gasteiger partial charge in [0.2, 0.25) is 10.0 Å². The first-order valence-electron chi connectivity index (χ1n) is 6.41. The third-order valence-corrected chi connectivity index (χ3v) is 5.55. The van der Waals surface area contributed by atoms with Gasteiger partial charge < -0.3 is 4.52 Å². The second-order valence-electron chi connectivity index (χ2n) is 4.42. The molecule has 0 spiro atoms. The monoisotopic (exact) mass is 351 g/mol. The van der Waals surface area contributed by atoms with E-state index in [0.717, 1.165) is 0 Å². The maximum absolute atomic E-state index is 12.9. The van der Waals surface area contributed by atoms with Crippen molar-refractivity contribution in [2.75, 3.05) is 6.61 Å². The molecule has 6 nitrogen and oxygen atoms in total. The summed E-state index contributed by atoms with van der Waals surface area (Å²) in [5, 5.41) is 5.36. The van der Waals surface area contributed by atoms with Crippen LogP contribution >= 0.6 is 7.60 Å². The van der Waals surface area contributed by atoms with E-state index < -0.39 is 17.6 Å². The summed E-state index contributed by atoms with van der Waals surface area (Å²) in [5.74, 6) is 2.41. The van der Waals surface area contributed by atoms with Gasteiger partial charge in [-0.25, -0.2) is 18.1 Å². The molecule has 0 saturated heterocycles. The van der Waals surface area contributed by atoms with E-state index >= 15 is 0 Å². The van der Waals surface area contributed by atoms with Gasteiger partial charge in [0.25, 0.3) is 0 Å². The lowest BCUT2D eigenvalue weighted by Crippen LogP contribution is -2.13. The molecule has 0 radical (unpaired) electrons. The van der Waals surface area contributed by atoms with Gasteiger partial charge in [-0.3, -0.25) is 4.52 Å². The topological polar surface area (TPSA) is 95.7 Å². The molecule has 0 bridgehead atoms. The number of rotatable bonds is 6. The van der Waals surface area contributed by atoms with E-state index in [1.165, 1.54) is 24.3 Å². The van der Waals surface area contributed by atoms with Crippen LogP contribution in [0.4, 0.5) is 0 Å². The molecule has 2 aromatic rings. The van der Waals surface area contributed by atoms with Crippen molar-refractivity contribution < 1.29 is 22.0 Å². The minimum Gasteiger partial charge on any atom is -0.421 e. The van der Waals surface area contributed by atoms with Gasteiger partial charge in [-0.05, 0) is 36.4 Å². The van der Waals surface area contributed by atoms with Crippen LogP contribution in [0.25, 0.3) is 0 Å². The number of sulfonamides is 1. The van der Waals surface area contributed by atoms with Crippen molar-refractivity contribution in [3.05, 3.63) is 54.6 Å². The normalized spacial score (nSPS) is 13.7. The van der Waals surface area contributed by atoms with E-state index in [-0.39, 0.29) is 17.3 Å². The van der Waals surface area contributed by atoms with Crippen LogP contribution < -0.4 is 15.0 Å². The second-order valence-corrected chi connectivity index (χ2v) is 7.93. The van der Waals surface area contributed by atoms with E-state index in [4.69, 9.17) is 20.6 Å². The van der Waals surface area contributed by atoms with Crippen molar-refractivity contribution in [1.82, 2.24) is 0 Å². The quantitative estimate of drug-likeness (QED) is 0.633. The Balaban J connectivity index is 2.32. The number of nitrogens with two attached hydrogens (primary N) is 1. The molecule has 0 unspecified atom stereocenters. The molecular formula is C15H14NO5PS. The summed E-state index contributed by atoms with van der Waals surface area (Å²) >= 11 is 0. The number of hydrogen-bond acceptors (Lipinski definition) is 5. The van der Waals surface area contributed by atoms with Crippen molar-refractivity contribution in [1.29, 1.82) is 0 Å². The van der Waals surface area contributed by atoms with Crippen LogP contribution in [0, 0.1) is 12.3 Å². The molecule has 2 N–H and O–H groups in total. The van der Waals surface area contributed by atoms with Crippen LogP contribution in [-0.2, 0) is 19.1 Å². The van der Waals surface area contributed by atoms with Gasteiger partial charge >= 0.3 is 7.60 Å². The summed E-state index contributed by atoms with van der Waals surface area (Å²) in [6.45, 7) is -0.193. The number of primary sulfonamides is 1. The molecular weight excluding hydrogens is 337 g/mol. The molecule has 0 aromatic heterocycles. The fraction of sp³-hybridized carbons (Fsp3) is 0.0667. The lowest BCUT2D eigenvalue weighted by Gasteiger charge is -2.18. The molecule has 120 valence electrons. The Labute approximate surface area is 134 Å². The summed E-state index contributed by atoms with van der Waals surface area (Å²) < 4.78 is 46.1. The molecule has 23 heavy (non-hydrogen) atoms. The van der Waals surface area contributed by atoms with Gasteiger partial charge in [0, 0.05) is 0 Å². The molecule has 1 atom stereocenters. The van der Waals surface area contributed by atoms with Crippen LogP contribution in [0.1, 0.15) is 0 Å². The fourth-order valence-electron chi connectivity index (χ4n) is 1.72. The number of benzene rings is 2. The van der Waals surface area contributed by atoms with Crippen molar-refractivity contribution in [3.63, 3.8) is 0 Å². The molecule has 0 aliphatic carbocycles. The minimum atomic E-state index is -3.81. The maximum atomic E-state index is 12.9. The van der Waals surface area contributed by atoms with E-state index in [9.17, 15) is 13.0 Å². The maximum Gasteiger partial charge on any atom is 0.411 e. The molecule has 0 amide bonds. The summed E-state index contributed by atoms with van der Waals surface area (Å²) in [6.07, 6.45) is 5.14. The van der Waals surface area contributed by atoms with Crippen molar-refractivity contribution in [3.8, 4) is 18.1 Å². The van der Waals surface area contributed by atoms with Gasteiger partial charge in [-0.15, -0.1) is 6.42 Å². The molecule has 2 aromatic carbocycles. The zero-order valence-corrected chi connectivity index (χ0v) is 13.7. The summed E-state index contributed by atoms with van der Waals surface area (Å²) in [6, 6.07) is 13.5. The van der Waals surface area contributed by atoms with E-state index in [1.54, 1.807) is 30.3 Å². The molecule has 8 heteroatoms. The van der Waals surface area contributed by atoms with Crippen LogP contribution in [-0.4, -0.2) is 15.0 Å². The van der Waals surface area contributed by atoms with Gasteiger partial charge in [0.1, 0.15) is 12.4 Å². The van der Waals surface area contributed by atoms with Gasteiger partial charge in [-0.1, -0.05) is 24.1 Å². The Morgan fingerprint density at radius 3 is 2.22 bits per heavy atom. The van der Waals surface area contributed by atoms with Crippen LogP contribution in [0.3, 0.4) is 0 Å². The van der Waals surface area contributed by atoms with Gasteiger partial charge in [0.05, 0.1) is 10.2 Å². The van der Waals surface area contributed by atoms with Gasteiger partial charge in [-0.2, -0.15) is 0 Å². The Kier molecular flexibility index (Phi) is 5.24. The zero-order valence-electron chi connectivity index (χ0n) is 12.0. The Morgan fingerprint density at radius 2 is 1.70 bits per heavy atom. The Bertz CT molecular complexity index is 857. The van der Waals surface area contributed by atoms with Crippen LogP contribution in [0.15, 0.2) is 59.5 Å². The average Bonchev–Trinajstić information content (AvgIpc) is 2.53. The zero-order chi connectivity index (χ0) is 16.9. The summed E-state index contributed by atoms with van der Waals surface area (Å²) in [7, 11) is -7.50. The first-order valence-corrected chi connectivity index (χ1v) is 9.50. The van der Waals surface area contributed by atoms with E-state index in [0.29, 0.717) is 5.30 Å². The fourth-order valence-corrected chi connectivity index (χ4v) is 3.72. The predicted octanol–water partition coefficient (Wildman–Crippen LogP) is 1.88. The molecule has 0 fully saturated rings. The lowest BCUT2D eigenvalue weighted by molar-refractivity contribution is 0.308. The van der Waals surface area contributed by atoms with Crippen molar-refractivity contribution in [2.45, 2.75) is 4.90 Å². The predicted molar refractivity (Wildman–Crippen MR) is 86.9 cm³/mol. The number of terminal acetylenes is 1. The highest BCUT2D eigenvalue weighted by molar-refractivity contribution is 7.89. The third kappa shape index (κ3) is 4.44. The van der Waals surface area contributed by atoms with E-state index in [1.807, 2.05) is 0 Å². The first kappa shape index (κ1) is 17.3. The average molecular weight is 351 g/mol. The molecule has 0 aliphatic heterocycles. The summed E-state index contributed by atoms with van der Waals surface area (Å²) in [4.78, 5) is -0.0797. The molecule has 2 rings (SSSR count). The highest BCUT2D eigenvalue weighted by Crippen LogP contribution is 2.47. The number of hydrogen-bond donors (Lipinski definition) is 1. The second kappa shape index (κ2) is 6.99. The van der Waals surface area contributed by atoms with Crippen LogP contribution in [0.5, 0.6) is 5.75 Å². The minimum absolute atomic E-state index is 0.0797. The SMILES string of the molecule is C#CCO[P@](=O)(Oc1ccc(S(N)(=O)=O)cc1)c1ccccc1. The van der Waals surface area contributed by atoms with E-state index in [2.05, 4.69) is 5.92 Å². The highest BCUT2D eigenvalue weighted by atomic mass is 32.2. The Morgan fingerprint density at radius 1 is 1.09 bits per heavy atom. The summed E-state index contributed by atoms with van der Waals surface area (Å²) in [5.41, 5.74) is 0. The third-order valence-electron chi connectivity index (χ3n) is 2.77. The standard InChI is InChI=1S/C15H14NO5PS/c1-2-12-20-22(17,14-6-4-3-5-7-14)21-13-8-10-15(11-9-13)23(16,18)19/h1,3-11H,12H2,(H2,16,18,19)/t22-/m0/s1. The highest BCUT2D eigenvalue weighted by Gasteiger charge is 2.29. The Hall–Kier alpha value is -2.10. The smallest absolute Gasteiger partial charge is 0.411 e. The lowest BCUT2D eigenvalue weighted by atomic mass is 10.3. The first-order chi connectivity index (χ1) is 10.8. The van der Waals surface area contributed by atoms with Crippen molar-refractivity contribution >= 4 is 22.9 Å².